The Morgan fingerprint density at radius 3 is 3.25 bits per heavy atom. The van der Waals surface area contributed by atoms with Crippen LogP contribution in [-0.4, -0.2) is 12.3 Å². The Bertz CT molecular complexity index is 110. The van der Waals surface area contributed by atoms with Gasteiger partial charge < -0.3 is 4.84 Å². The number of hydrogen-bond donors (Lipinski definition) is 0. The van der Waals surface area contributed by atoms with Crippen molar-refractivity contribution in [2.24, 2.45) is 5.16 Å². The maximum atomic E-state index is 4.88. The lowest BCUT2D eigenvalue weighted by atomic mass is 10.2. The molecule has 0 radical (unpaired) electrons. The van der Waals surface area contributed by atoms with E-state index in [4.69, 9.17) is 4.84 Å². The topological polar surface area (TPSA) is 21.6 Å². The first-order valence-corrected chi connectivity index (χ1v) is 2.74. The van der Waals surface area contributed by atoms with Gasteiger partial charge in [-0.1, -0.05) is 11.2 Å². The SMILES string of the molecule is C/C=C/C1CC=NO1. The minimum atomic E-state index is 0.208. The summed E-state index contributed by atoms with van der Waals surface area (Å²) in [5.74, 6) is 0. The van der Waals surface area contributed by atoms with Crippen LogP contribution in [0.1, 0.15) is 13.3 Å². The van der Waals surface area contributed by atoms with Gasteiger partial charge in [0.2, 0.25) is 0 Å². The highest BCUT2D eigenvalue weighted by atomic mass is 16.6. The van der Waals surface area contributed by atoms with Gasteiger partial charge >= 0.3 is 0 Å². The maximum Gasteiger partial charge on any atom is 0.150 e. The van der Waals surface area contributed by atoms with Crippen LogP contribution in [0, 0.1) is 0 Å². The lowest BCUT2D eigenvalue weighted by Gasteiger charge is -1.97. The number of nitrogens with zero attached hydrogens (tertiary/aromatic N) is 1. The van der Waals surface area contributed by atoms with Crippen molar-refractivity contribution in [2.75, 3.05) is 0 Å². The van der Waals surface area contributed by atoms with E-state index in [1.54, 1.807) is 6.21 Å². The molecule has 1 aliphatic rings. The predicted octanol–water partition coefficient (Wildman–Crippen LogP) is 1.34. The largest absolute Gasteiger partial charge is 0.388 e. The van der Waals surface area contributed by atoms with E-state index in [2.05, 4.69) is 5.16 Å². The molecule has 0 aromatic rings. The van der Waals surface area contributed by atoms with E-state index in [9.17, 15) is 0 Å². The molecule has 1 aliphatic heterocycles. The predicted molar refractivity (Wildman–Crippen MR) is 32.8 cm³/mol. The third-order valence-electron chi connectivity index (χ3n) is 1.02. The Hall–Kier alpha value is -0.790. The van der Waals surface area contributed by atoms with Crippen molar-refractivity contribution in [3.8, 4) is 0 Å². The number of allylic oxidation sites excluding steroid dienone is 1. The van der Waals surface area contributed by atoms with Gasteiger partial charge in [0, 0.05) is 12.6 Å². The summed E-state index contributed by atoms with van der Waals surface area (Å²) < 4.78 is 0. The standard InChI is InChI=1S/C6H9NO/c1-2-3-6-4-5-7-8-6/h2-3,5-6H,4H2,1H3/b3-2+. The van der Waals surface area contributed by atoms with Crippen molar-refractivity contribution >= 4 is 6.21 Å². The smallest absolute Gasteiger partial charge is 0.150 e. The Kier molecular flexibility index (Phi) is 1.67. The molecule has 2 nitrogen and oxygen atoms in total. The van der Waals surface area contributed by atoms with Gasteiger partial charge in [-0.2, -0.15) is 0 Å². The lowest BCUT2D eigenvalue weighted by Crippen LogP contribution is -1.98. The van der Waals surface area contributed by atoms with Crippen molar-refractivity contribution < 1.29 is 4.84 Å². The Balaban J connectivity index is 2.30. The molecule has 0 N–H and O–H groups in total. The highest BCUT2D eigenvalue weighted by molar-refractivity contribution is 5.59. The van der Waals surface area contributed by atoms with E-state index >= 15 is 0 Å². The summed E-state index contributed by atoms with van der Waals surface area (Å²) >= 11 is 0. The average Bonchev–Trinajstić information content (AvgIpc) is 2.19. The third-order valence-corrected chi connectivity index (χ3v) is 1.02. The first kappa shape index (κ1) is 5.35. The number of hydrogen-bond acceptors (Lipinski definition) is 2. The number of rotatable bonds is 1. The Morgan fingerprint density at radius 2 is 2.75 bits per heavy atom. The molecule has 8 heavy (non-hydrogen) atoms. The fourth-order valence-corrected chi connectivity index (χ4v) is 0.640. The molecule has 2 heteroatoms. The summed E-state index contributed by atoms with van der Waals surface area (Å²) in [4.78, 5) is 4.88. The maximum absolute atomic E-state index is 4.88. The molecule has 0 saturated carbocycles. The van der Waals surface area contributed by atoms with Gasteiger partial charge in [0.05, 0.1) is 0 Å². The molecule has 44 valence electrons. The molecule has 1 unspecified atom stereocenters. The van der Waals surface area contributed by atoms with Gasteiger partial charge in [-0.15, -0.1) is 0 Å². The fourth-order valence-electron chi connectivity index (χ4n) is 0.640. The summed E-state index contributed by atoms with van der Waals surface area (Å²) in [5.41, 5.74) is 0. The molecule has 0 aliphatic carbocycles. The second-order valence-electron chi connectivity index (χ2n) is 1.69. The van der Waals surface area contributed by atoms with E-state index < -0.39 is 0 Å². The zero-order chi connectivity index (χ0) is 5.82. The summed E-state index contributed by atoms with van der Waals surface area (Å²) in [7, 11) is 0. The zero-order valence-electron chi connectivity index (χ0n) is 4.87. The average molecular weight is 111 g/mol. The summed E-state index contributed by atoms with van der Waals surface area (Å²) in [6, 6.07) is 0. The summed E-state index contributed by atoms with van der Waals surface area (Å²) in [6.45, 7) is 1.97. The van der Waals surface area contributed by atoms with Crippen molar-refractivity contribution in [3.63, 3.8) is 0 Å². The van der Waals surface area contributed by atoms with Crippen LogP contribution in [0.4, 0.5) is 0 Å². The molecule has 1 atom stereocenters. The molecule has 1 rings (SSSR count). The Morgan fingerprint density at radius 1 is 1.88 bits per heavy atom. The minimum absolute atomic E-state index is 0.208. The van der Waals surface area contributed by atoms with Crippen LogP contribution in [0.15, 0.2) is 17.3 Å². The molecule has 0 bridgehead atoms. The van der Waals surface area contributed by atoms with Gasteiger partial charge in [-0.05, 0) is 13.0 Å². The van der Waals surface area contributed by atoms with E-state index in [1.165, 1.54) is 0 Å². The molecular weight excluding hydrogens is 102 g/mol. The van der Waals surface area contributed by atoms with Crippen LogP contribution in [-0.2, 0) is 4.84 Å². The van der Waals surface area contributed by atoms with Crippen LogP contribution < -0.4 is 0 Å². The zero-order valence-corrected chi connectivity index (χ0v) is 4.87. The molecule has 0 aromatic heterocycles. The second-order valence-corrected chi connectivity index (χ2v) is 1.69. The second kappa shape index (κ2) is 2.50. The lowest BCUT2D eigenvalue weighted by molar-refractivity contribution is 0.120. The van der Waals surface area contributed by atoms with Crippen LogP contribution in [0.5, 0.6) is 0 Å². The minimum Gasteiger partial charge on any atom is -0.388 e. The van der Waals surface area contributed by atoms with E-state index in [0.717, 1.165) is 6.42 Å². The van der Waals surface area contributed by atoms with Gasteiger partial charge in [0.1, 0.15) is 0 Å². The van der Waals surface area contributed by atoms with Gasteiger partial charge in [0.15, 0.2) is 6.10 Å². The monoisotopic (exact) mass is 111 g/mol. The van der Waals surface area contributed by atoms with Gasteiger partial charge in [-0.25, -0.2) is 0 Å². The van der Waals surface area contributed by atoms with Crippen molar-refractivity contribution in [3.05, 3.63) is 12.2 Å². The quantitative estimate of drug-likeness (QED) is 0.468. The highest BCUT2D eigenvalue weighted by Gasteiger charge is 2.06. The molecule has 0 amide bonds. The van der Waals surface area contributed by atoms with E-state index in [-0.39, 0.29) is 6.10 Å². The molecule has 0 aromatic carbocycles. The summed E-state index contributed by atoms with van der Waals surface area (Å²) in [5, 5.41) is 3.61. The van der Waals surface area contributed by atoms with Crippen molar-refractivity contribution in [1.29, 1.82) is 0 Å². The third kappa shape index (κ3) is 1.09. The van der Waals surface area contributed by atoms with Crippen LogP contribution in [0.25, 0.3) is 0 Å². The molecule has 1 heterocycles. The first-order valence-electron chi connectivity index (χ1n) is 2.74. The first-order chi connectivity index (χ1) is 3.93. The molecule has 0 saturated heterocycles. The van der Waals surface area contributed by atoms with Crippen LogP contribution in [0.3, 0.4) is 0 Å². The van der Waals surface area contributed by atoms with Crippen molar-refractivity contribution in [2.45, 2.75) is 19.4 Å². The Labute approximate surface area is 48.8 Å². The normalized spacial score (nSPS) is 26.9. The van der Waals surface area contributed by atoms with E-state index in [1.807, 2.05) is 19.1 Å². The van der Waals surface area contributed by atoms with E-state index in [0.29, 0.717) is 0 Å². The molecule has 0 spiro atoms. The highest BCUT2D eigenvalue weighted by Crippen LogP contribution is 2.04. The van der Waals surface area contributed by atoms with Crippen LogP contribution >= 0.6 is 0 Å². The molecular formula is C6H9NO. The van der Waals surface area contributed by atoms with Gasteiger partial charge in [-0.3, -0.25) is 0 Å². The van der Waals surface area contributed by atoms with Crippen LogP contribution in [0.2, 0.25) is 0 Å². The fraction of sp³-hybridized carbons (Fsp3) is 0.500. The number of oxime groups is 1. The van der Waals surface area contributed by atoms with Crippen molar-refractivity contribution in [1.82, 2.24) is 0 Å². The molecule has 0 fully saturated rings. The summed E-state index contributed by atoms with van der Waals surface area (Å²) in [6.07, 6.45) is 6.88. The van der Waals surface area contributed by atoms with Gasteiger partial charge in [0.25, 0.3) is 0 Å².